The summed E-state index contributed by atoms with van der Waals surface area (Å²) in [4.78, 5) is 13.9. The van der Waals surface area contributed by atoms with Crippen LogP contribution < -0.4 is 5.32 Å². The van der Waals surface area contributed by atoms with Gasteiger partial charge in [0.05, 0.1) is 12.7 Å². The molecule has 180 valence electrons. The van der Waals surface area contributed by atoms with Gasteiger partial charge in [-0.1, -0.05) is 31.9 Å². The molecule has 1 amide bonds. The van der Waals surface area contributed by atoms with Crippen molar-refractivity contribution in [3.63, 3.8) is 0 Å². The quantitative estimate of drug-likeness (QED) is 0.634. The summed E-state index contributed by atoms with van der Waals surface area (Å²) < 4.78 is 13.0. The van der Waals surface area contributed by atoms with Crippen LogP contribution in [0.1, 0.15) is 78.1 Å². The number of carbonyl (C=O) groups excluding carboxylic acids is 1. The Morgan fingerprint density at radius 3 is 2.81 bits per heavy atom. The second-order valence-corrected chi connectivity index (χ2v) is 11.8. The molecule has 2 aliphatic heterocycles. The van der Waals surface area contributed by atoms with Gasteiger partial charge in [-0.15, -0.1) is 0 Å². The van der Waals surface area contributed by atoms with Gasteiger partial charge in [0.1, 0.15) is 0 Å². The average molecular weight is 445 g/mol. The summed E-state index contributed by atoms with van der Waals surface area (Å²) in [6.07, 6.45) is 12.8. The Balaban J connectivity index is 1.21. The van der Waals surface area contributed by atoms with E-state index in [0.717, 1.165) is 39.1 Å². The molecule has 5 fully saturated rings. The first-order valence-corrected chi connectivity index (χ1v) is 13.4. The molecule has 0 aromatic carbocycles. The highest BCUT2D eigenvalue weighted by Crippen LogP contribution is 2.59. The number of rotatable bonds is 5. The second-order valence-electron chi connectivity index (χ2n) is 11.8. The molecule has 5 rings (SSSR count). The zero-order valence-electron chi connectivity index (χ0n) is 20.3. The Hall–Kier alpha value is -0.910. The van der Waals surface area contributed by atoms with Crippen molar-refractivity contribution in [2.24, 2.45) is 29.1 Å². The Kier molecular flexibility index (Phi) is 6.70. The number of carbonyl (C=O) groups is 1. The van der Waals surface area contributed by atoms with Crippen LogP contribution in [0.3, 0.4) is 0 Å². The second kappa shape index (κ2) is 9.38. The lowest BCUT2D eigenvalue weighted by Gasteiger charge is -2.58. The van der Waals surface area contributed by atoms with Gasteiger partial charge in [0.15, 0.2) is 6.29 Å². The number of nitrogens with zero attached hydrogens (tertiary/aromatic N) is 1. The molecule has 5 aliphatic rings. The number of amides is 1. The number of hydrogen-bond acceptors (Lipinski definition) is 4. The van der Waals surface area contributed by atoms with E-state index in [1.54, 1.807) is 6.92 Å². The van der Waals surface area contributed by atoms with Crippen molar-refractivity contribution >= 4 is 5.91 Å². The average Bonchev–Trinajstić information content (AvgIpc) is 3.44. The lowest BCUT2D eigenvalue weighted by Crippen LogP contribution is -2.56. The van der Waals surface area contributed by atoms with Crippen molar-refractivity contribution in [3.05, 3.63) is 12.2 Å². The monoisotopic (exact) mass is 444 g/mol. The van der Waals surface area contributed by atoms with Crippen LogP contribution in [0.4, 0.5) is 0 Å². The summed E-state index contributed by atoms with van der Waals surface area (Å²) in [5.74, 6) is 2.56. The maximum Gasteiger partial charge on any atom is 0.217 e. The van der Waals surface area contributed by atoms with Crippen molar-refractivity contribution in [1.29, 1.82) is 0 Å². The molecule has 1 N–H and O–H groups in total. The summed E-state index contributed by atoms with van der Waals surface area (Å²) in [6.45, 7) is 12.8. The van der Waals surface area contributed by atoms with Gasteiger partial charge in [-0.2, -0.15) is 0 Å². The SMILES string of the molecule is C=C1CCC2C3CO[C@@H](C4CCCC4)O[C@@H]3CC[C@@]2(C)[C@@H]1CCN1CC[C@H](NC(C)=O)C1. The molecular weight excluding hydrogens is 400 g/mol. The van der Waals surface area contributed by atoms with E-state index in [9.17, 15) is 4.79 Å². The van der Waals surface area contributed by atoms with E-state index in [0.29, 0.717) is 41.2 Å². The van der Waals surface area contributed by atoms with E-state index in [1.165, 1.54) is 56.9 Å². The number of nitrogens with one attached hydrogen (secondary N) is 1. The van der Waals surface area contributed by atoms with Crippen LogP contribution in [0.25, 0.3) is 0 Å². The highest BCUT2D eigenvalue weighted by molar-refractivity contribution is 5.73. The van der Waals surface area contributed by atoms with Crippen molar-refractivity contribution in [2.45, 2.75) is 96.5 Å². The molecule has 2 saturated heterocycles. The van der Waals surface area contributed by atoms with Gasteiger partial charge in [-0.25, -0.2) is 0 Å². The minimum Gasteiger partial charge on any atom is -0.352 e. The lowest BCUT2D eigenvalue weighted by molar-refractivity contribution is -0.284. The van der Waals surface area contributed by atoms with Crippen LogP contribution in [-0.4, -0.2) is 55.5 Å². The highest BCUT2D eigenvalue weighted by Gasteiger charge is 2.55. The highest BCUT2D eigenvalue weighted by atomic mass is 16.7. The van der Waals surface area contributed by atoms with Gasteiger partial charge in [0.25, 0.3) is 0 Å². The fourth-order valence-electron chi connectivity index (χ4n) is 8.13. The van der Waals surface area contributed by atoms with Crippen molar-refractivity contribution in [1.82, 2.24) is 10.2 Å². The Bertz CT molecular complexity index is 705. The van der Waals surface area contributed by atoms with Crippen LogP contribution in [-0.2, 0) is 14.3 Å². The summed E-state index contributed by atoms with van der Waals surface area (Å²) in [5, 5.41) is 3.10. The summed E-state index contributed by atoms with van der Waals surface area (Å²) in [6, 6.07) is 0.324. The fraction of sp³-hybridized carbons (Fsp3) is 0.889. The summed E-state index contributed by atoms with van der Waals surface area (Å²) in [5.41, 5.74) is 1.79. The number of allylic oxidation sites excluding steroid dienone is 1. The number of fused-ring (bicyclic) bond motifs is 3. The molecule has 0 radical (unpaired) electrons. The number of likely N-dealkylation sites (tertiary alicyclic amines) is 1. The molecule has 0 aromatic rings. The normalized spacial score (nSPS) is 43.1. The fourth-order valence-corrected chi connectivity index (χ4v) is 8.13. The van der Waals surface area contributed by atoms with Gasteiger partial charge >= 0.3 is 0 Å². The molecule has 3 aliphatic carbocycles. The van der Waals surface area contributed by atoms with E-state index in [1.807, 2.05) is 0 Å². The third-order valence-corrected chi connectivity index (χ3v) is 9.83. The molecule has 32 heavy (non-hydrogen) atoms. The smallest absolute Gasteiger partial charge is 0.217 e. The van der Waals surface area contributed by atoms with Crippen LogP contribution in [0.15, 0.2) is 12.2 Å². The van der Waals surface area contributed by atoms with E-state index >= 15 is 0 Å². The maximum atomic E-state index is 11.4. The van der Waals surface area contributed by atoms with Crippen molar-refractivity contribution in [3.8, 4) is 0 Å². The van der Waals surface area contributed by atoms with E-state index < -0.39 is 0 Å². The zero-order valence-corrected chi connectivity index (χ0v) is 20.3. The molecular formula is C27H44N2O3. The molecule has 0 aromatic heterocycles. The van der Waals surface area contributed by atoms with Crippen molar-refractivity contribution in [2.75, 3.05) is 26.2 Å². The first-order valence-electron chi connectivity index (χ1n) is 13.4. The van der Waals surface area contributed by atoms with Crippen molar-refractivity contribution < 1.29 is 14.3 Å². The first-order chi connectivity index (χ1) is 15.4. The molecule has 2 heterocycles. The minimum atomic E-state index is 0.0594. The molecule has 2 unspecified atom stereocenters. The van der Waals surface area contributed by atoms with E-state index in [4.69, 9.17) is 9.47 Å². The maximum absolute atomic E-state index is 11.4. The van der Waals surface area contributed by atoms with Crippen LogP contribution in [0.2, 0.25) is 0 Å². The van der Waals surface area contributed by atoms with Gasteiger partial charge < -0.3 is 19.7 Å². The first kappa shape index (κ1) is 22.9. The van der Waals surface area contributed by atoms with Gasteiger partial charge in [0.2, 0.25) is 5.91 Å². The Morgan fingerprint density at radius 2 is 2.03 bits per heavy atom. The van der Waals surface area contributed by atoms with Crippen LogP contribution in [0.5, 0.6) is 0 Å². The number of ether oxygens (including phenoxy) is 2. The Morgan fingerprint density at radius 1 is 1.22 bits per heavy atom. The van der Waals surface area contributed by atoms with Crippen LogP contribution >= 0.6 is 0 Å². The van der Waals surface area contributed by atoms with E-state index in [-0.39, 0.29) is 12.2 Å². The van der Waals surface area contributed by atoms with Crippen LogP contribution in [0, 0.1) is 29.1 Å². The predicted octanol–water partition coefficient (Wildman–Crippen LogP) is 4.52. The molecule has 0 spiro atoms. The largest absolute Gasteiger partial charge is 0.352 e. The molecule has 7 atom stereocenters. The van der Waals surface area contributed by atoms with Gasteiger partial charge in [-0.3, -0.25) is 4.79 Å². The molecule has 0 bridgehead atoms. The minimum absolute atomic E-state index is 0.0594. The predicted molar refractivity (Wildman–Crippen MR) is 126 cm³/mol. The third-order valence-electron chi connectivity index (χ3n) is 9.83. The molecule has 5 heteroatoms. The summed E-state index contributed by atoms with van der Waals surface area (Å²) in [7, 11) is 0. The summed E-state index contributed by atoms with van der Waals surface area (Å²) >= 11 is 0. The van der Waals surface area contributed by atoms with Gasteiger partial charge in [-0.05, 0) is 75.2 Å². The zero-order chi connectivity index (χ0) is 22.3. The third kappa shape index (κ3) is 4.42. The topological polar surface area (TPSA) is 50.8 Å². The van der Waals surface area contributed by atoms with E-state index in [2.05, 4.69) is 23.7 Å². The number of hydrogen-bond donors (Lipinski definition) is 1. The standard InChI is InChI=1S/C27H44N2O3/c1-18-8-9-24-22-17-31-26(20-6-4-5-7-20)32-25(22)10-13-27(24,3)23(18)12-15-29-14-11-21(16-29)28-19(2)30/h20-26H,1,4-17H2,2-3H3,(H,28,30)/t21-,22?,23+,24?,25+,26+,27-/m0/s1. The Labute approximate surface area is 194 Å². The lowest BCUT2D eigenvalue weighted by atomic mass is 9.50. The van der Waals surface area contributed by atoms with Gasteiger partial charge in [0, 0.05) is 37.9 Å². The molecule has 3 saturated carbocycles. The molecule has 5 nitrogen and oxygen atoms in total.